The molecule has 0 saturated carbocycles. The Balaban J connectivity index is 4.10. The molecule has 2 atom stereocenters. The van der Waals surface area contributed by atoms with Crippen molar-refractivity contribution in [3.8, 4) is 6.07 Å². The van der Waals surface area contributed by atoms with Crippen LogP contribution in [0, 0.1) is 17.2 Å². The largest absolute Gasteiger partial charge is 0.480 e. The van der Waals surface area contributed by atoms with Gasteiger partial charge in [0.25, 0.3) is 0 Å². The summed E-state index contributed by atoms with van der Waals surface area (Å²) >= 11 is 0. The summed E-state index contributed by atoms with van der Waals surface area (Å²) in [5.41, 5.74) is 0. The van der Waals surface area contributed by atoms with Crippen molar-refractivity contribution in [3.05, 3.63) is 0 Å². The van der Waals surface area contributed by atoms with Crippen LogP contribution in [0.25, 0.3) is 0 Å². The predicted molar refractivity (Wildman–Crippen MR) is 33.0 cm³/mol. The Morgan fingerprint density at radius 2 is 2.30 bits per heavy atom. The van der Waals surface area contributed by atoms with Crippen LogP contribution in [0.15, 0.2) is 0 Å². The quantitative estimate of drug-likeness (QED) is 0.581. The number of aliphatic hydroxyl groups excluding tert-OH is 1. The van der Waals surface area contributed by atoms with Gasteiger partial charge in [0.05, 0.1) is 12.2 Å². The van der Waals surface area contributed by atoms with E-state index in [2.05, 4.69) is 0 Å². The maximum Gasteiger partial charge on any atom is 0.323 e. The highest BCUT2D eigenvalue weighted by Gasteiger charge is 2.24. The van der Waals surface area contributed by atoms with Gasteiger partial charge in [0, 0.05) is 0 Å². The average Bonchev–Trinajstić information content (AvgIpc) is 1.88. The van der Waals surface area contributed by atoms with E-state index in [-0.39, 0.29) is 6.42 Å². The second kappa shape index (κ2) is 3.85. The van der Waals surface area contributed by atoms with Crippen LogP contribution in [-0.2, 0) is 4.79 Å². The van der Waals surface area contributed by atoms with Crippen LogP contribution in [0.5, 0.6) is 0 Å². The zero-order valence-electron chi connectivity index (χ0n) is 5.61. The van der Waals surface area contributed by atoms with Gasteiger partial charge in [0.1, 0.15) is 0 Å². The smallest absolute Gasteiger partial charge is 0.323 e. The molecule has 0 rings (SSSR count). The van der Waals surface area contributed by atoms with Gasteiger partial charge in [-0.2, -0.15) is 5.26 Å². The number of aliphatic carboxylic acids is 1. The molecule has 0 aliphatic heterocycles. The third kappa shape index (κ3) is 2.03. The lowest BCUT2D eigenvalue weighted by Crippen LogP contribution is -2.25. The van der Waals surface area contributed by atoms with Crippen molar-refractivity contribution in [3.63, 3.8) is 0 Å². The molecular weight excluding hydrogens is 134 g/mol. The summed E-state index contributed by atoms with van der Waals surface area (Å²) in [6.07, 6.45) is -0.771. The first kappa shape index (κ1) is 8.92. The van der Waals surface area contributed by atoms with E-state index in [0.717, 1.165) is 0 Å². The Labute approximate surface area is 58.7 Å². The number of hydrogen-bond donors (Lipinski definition) is 2. The fraction of sp³-hybridized carbons (Fsp3) is 0.667. The normalized spacial score (nSPS) is 15.3. The molecule has 4 nitrogen and oxygen atoms in total. The molecule has 10 heavy (non-hydrogen) atoms. The van der Waals surface area contributed by atoms with E-state index in [0.29, 0.717) is 0 Å². The fourth-order valence-electron chi connectivity index (χ4n) is 0.542. The molecule has 0 spiro atoms. The van der Waals surface area contributed by atoms with E-state index in [9.17, 15) is 4.79 Å². The van der Waals surface area contributed by atoms with Crippen LogP contribution in [-0.4, -0.2) is 22.3 Å². The summed E-state index contributed by atoms with van der Waals surface area (Å²) in [6, 6.07) is 1.50. The zero-order chi connectivity index (χ0) is 8.15. The maximum atomic E-state index is 10.1. The van der Waals surface area contributed by atoms with E-state index < -0.39 is 18.0 Å². The van der Waals surface area contributed by atoms with Gasteiger partial charge in [0.15, 0.2) is 5.92 Å². The maximum absolute atomic E-state index is 10.1. The third-order valence-corrected chi connectivity index (χ3v) is 1.21. The fourth-order valence-corrected chi connectivity index (χ4v) is 0.542. The number of hydrogen-bond acceptors (Lipinski definition) is 3. The standard InChI is InChI=1S/C6H9NO3/c1-2-5(8)4(3-7)6(9)10/h4-5,8H,2H2,1H3,(H,9,10). The molecule has 0 fully saturated rings. The van der Waals surface area contributed by atoms with Crippen molar-refractivity contribution in [2.24, 2.45) is 5.92 Å². The van der Waals surface area contributed by atoms with Gasteiger partial charge in [0.2, 0.25) is 0 Å². The van der Waals surface area contributed by atoms with Crippen molar-refractivity contribution >= 4 is 5.97 Å². The highest BCUT2D eigenvalue weighted by molar-refractivity contribution is 5.73. The summed E-state index contributed by atoms with van der Waals surface area (Å²) in [7, 11) is 0. The summed E-state index contributed by atoms with van der Waals surface area (Å²) in [5.74, 6) is -2.55. The minimum Gasteiger partial charge on any atom is -0.480 e. The molecule has 0 bridgehead atoms. The van der Waals surface area contributed by atoms with Crippen molar-refractivity contribution in [2.45, 2.75) is 19.4 Å². The molecule has 0 saturated heterocycles. The molecule has 0 heterocycles. The first-order valence-electron chi connectivity index (χ1n) is 2.94. The van der Waals surface area contributed by atoms with Crippen LogP contribution in [0.4, 0.5) is 0 Å². The van der Waals surface area contributed by atoms with Gasteiger partial charge in [-0.25, -0.2) is 0 Å². The van der Waals surface area contributed by atoms with E-state index in [1.807, 2.05) is 0 Å². The van der Waals surface area contributed by atoms with Crippen LogP contribution in [0.1, 0.15) is 13.3 Å². The van der Waals surface area contributed by atoms with Crippen LogP contribution >= 0.6 is 0 Å². The lowest BCUT2D eigenvalue weighted by Gasteiger charge is -2.08. The molecule has 0 aliphatic rings. The summed E-state index contributed by atoms with van der Waals surface area (Å²) in [6.45, 7) is 1.62. The predicted octanol–water partition coefficient (Wildman–Crippen LogP) is -0.0183. The Morgan fingerprint density at radius 1 is 1.80 bits per heavy atom. The lowest BCUT2D eigenvalue weighted by molar-refractivity contribution is -0.143. The van der Waals surface area contributed by atoms with Crippen LogP contribution in [0.2, 0.25) is 0 Å². The van der Waals surface area contributed by atoms with Gasteiger partial charge in [-0.05, 0) is 6.42 Å². The number of aliphatic hydroxyl groups is 1. The third-order valence-electron chi connectivity index (χ3n) is 1.21. The molecule has 56 valence electrons. The van der Waals surface area contributed by atoms with Gasteiger partial charge in [-0.1, -0.05) is 6.92 Å². The van der Waals surface area contributed by atoms with Gasteiger partial charge < -0.3 is 10.2 Å². The Hall–Kier alpha value is -1.08. The van der Waals surface area contributed by atoms with Crippen molar-refractivity contribution < 1.29 is 15.0 Å². The van der Waals surface area contributed by atoms with E-state index in [1.165, 1.54) is 6.07 Å². The molecule has 0 aromatic carbocycles. The van der Waals surface area contributed by atoms with Gasteiger partial charge in [-0.15, -0.1) is 0 Å². The summed E-state index contributed by atoms with van der Waals surface area (Å²) < 4.78 is 0. The number of nitrogens with zero attached hydrogens (tertiary/aromatic N) is 1. The van der Waals surface area contributed by atoms with Crippen LogP contribution in [0.3, 0.4) is 0 Å². The van der Waals surface area contributed by atoms with Crippen molar-refractivity contribution in [2.75, 3.05) is 0 Å². The van der Waals surface area contributed by atoms with E-state index in [4.69, 9.17) is 15.5 Å². The minimum atomic E-state index is -1.29. The van der Waals surface area contributed by atoms with E-state index in [1.54, 1.807) is 6.92 Å². The van der Waals surface area contributed by atoms with Gasteiger partial charge >= 0.3 is 5.97 Å². The highest BCUT2D eigenvalue weighted by atomic mass is 16.4. The first-order valence-corrected chi connectivity index (χ1v) is 2.94. The molecule has 4 heteroatoms. The van der Waals surface area contributed by atoms with Crippen molar-refractivity contribution in [1.29, 1.82) is 5.26 Å². The summed E-state index contributed by atoms with van der Waals surface area (Å²) in [5, 5.41) is 25.4. The number of carboxylic acids is 1. The minimum absolute atomic E-state index is 0.282. The van der Waals surface area contributed by atoms with E-state index >= 15 is 0 Å². The molecule has 2 N–H and O–H groups in total. The SMILES string of the molecule is CCC(O)C(C#N)C(=O)O. The highest BCUT2D eigenvalue weighted by Crippen LogP contribution is 2.05. The number of rotatable bonds is 3. The second-order valence-electron chi connectivity index (χ2n) is 1.92. The molecule has 0 aromatic heterocycles. The molecule has 0 radical (unpaired) electrons. The summed E-state index contributed by atoms with van der Waals surface area (Å²) in [4.78, 5) is 10.1. The molecule has 0 amide bonds. The zero-order valence-corrected chi connectivity index (χ0v) is 5.61. The number of nitriles is 1. The van der Waals surface area contributed by atoms with Crippen molar-refractivity contribution in [1.82, 2.24) is 0 Å². The Bertz CT molecular complexity index is 161. The molecule has 0 aliphatic carbocycles. The first-order chi connectivity index (χ1) is 4.63. The monoisotopic (exact) mass is 143 g/mol. The topological polar surface area (TPSA) is 81.3 Å². The lowest BCUT2D eigenvalue weighted by atomic mass is 10.0. The second-order valence-corrected chi connectivity index (χ2v) is 1.92. The molecule has 0 aromatic rings. The molecule has 2 unspecified atom stereocenters. The Kier molecular flexibility index (Phi) is 3.44. The molecular formula is C6H9NO3. The number of carbonyl (C=O) groups is 1. The Morgan fingerprint density at radius 3 is 2.40 bits per heavy atom. The van der Waals surface area contributed by atoms with Gasteiger partial charge in [-0.3, -0.25) is 4.79 Å². The van der Waals surface area contributed by atoms with Crippen LogP contribution < -0.4 is 0 Å². The average molecular weight is 143 g/mol. The number of carboxylic acid groups (broad SMARTS) is 1.